The van der Waals surface area contributed by atoms with Gasteiger partial charge in [0.25, 0.3) is 0 Å². The lowest BCUT2D eigenvalue weighted by Gasteiger charge is -2.38. The smallest absolute Gasteiger partial charge is 0.323 e. The fourth-order valence-electron chi connectivity index (χ4n) is 5.36. The van der Waals surface area contributed by atoms with Crippen LogP contribution < -0.4 is 5.32 Å². The van der Waals surface area contributed by atoms with Gasteiger partial charge < -0.3 is 29.7 Å². The van der Waals surface area contributed by atoms with Gasteiger partial charge in [0.05, 0.1) is 18.8 Å². The number of benzene rings is 2. The minimum atomic E-state index is -0.933. The van der Waals surface area contributed by atoms with Gasteiger partial charge in [-0.15, -0.1) is 0 Å². The van der Waals surface area contributed by atoms with E-state index >= 15 is 0 Å². The van der Waals surface area contributed by atoms with Crippen LogP contribution in [0, 0.1) is 0 Å². The molecule has 0 bridgehead atoms. The third-order valence-corrected chi connectivity index (χ3v) is 7.33. The third-order valence-electron chi connectivity index (χ3n) is 7.33. The van der Waals surface area contributed by atoms with E-state index in [1.165, 1.54) is 0 Å². The molecule has 2 heterocycles. The van der Waals surface area contributed by atoms with Gasteiger partial charge in [0.1, 0.15) is 11.6 Å². The molecule has 4 rings (SSSR count). The highest BCUT2D eigenvalue weighted by Crippen LogP contribution is 2.39. The van der Waals surface area contributed by atoms with Gasteiger partial charge in [0.2, 0.25) is 5.91 Å². The van der Waals surface area contributed by atoms with Crippen molar-refractivity contribution in [2.45, 2.75) is 96.0 Å². The van der Waals surface area contributed by atoms with Gasteiger partial charge >= 0.3 is 11.9 Å². The topological polar surface area (TPSA) is 135 Å². The van der Waals surface area contributed by atoms with Crippen molar-refractivity contribution in [3.05, 3.63) is 65.2 Å². The molecule has 4 atom stereocenters. The number of hydrogen-bond acceptors (Lipinski definition) is 8. The number of aliphatic carboxylic acids is 1. The molecule has 2 aliphatic rings. The van der Waals surface area contributed by atoms with Crippen LogP contribution in [0.4, 0.5) is 5.69 Å². The first-order chi connectivity index (χ1) is 20.0. The van der Waals surface area contributed by atoms with E-state index in [0.29, 0.717) is 18.7 Å². The maximum absolute atomic E-state index is 13.0. The Bertz CT molecular complexity index is 1230. The predicted molar refractivity (Wildman–Crippen MR) is 155 cm³/mol. The molecule has 3 N–H and O–H groups in total. The number of carbonyl (C=O) groups is 3. The lowest BCUT2D eigenvalue weighted by Crippen LogP contribution is -2.45. The second kappa shape index (κ2) is 14.2. The number of carboxylic acids is 1. The van der Waals surface area contributed by atoms with Crippen LogP contribution in [0.5, 0.6) is 0 Å². The van der Waals surface area contributed by atoms with E-state index in [1.54, 1.807) is 12.1 Å². The average molecular weight is 583 g/mol. The molecule has 2 fully saturated rings. The lowest BCUT2D eigenvalue weighted by molar-refractivity contribution is -0.253. The molecule has 0 spiro atoms. The summed E-state index contributed by atoms with van der Waals surface area (Å²) >= 11 is 0. The molecule has 0 aliphatic carbocycles. The van der Waals surface area contributed by atoms with Gasteiger partial charge in [-0.2, -0.15) is 0 Å². The Labute approximate surface area is 246 Å². The number of anilines is 1. The fraction of sp³-hybridized carbons (Fsp3) is 0.531. The summed E-state index contributed by atoms with van der Waals surface area (Å²) in [6.07, 6.45) is 1.25. The van der Waals surface area contributed by atoms with E-state index in [-0.39, 0.29) is 56.0 Å². The standard InChI is InChI=1S/C32H42N2O8/c1-32(2,3)42-30(39)26-9-6-16-34(26)19-25-18-27(22-14-12-21(20-35)13-15-22)41-31(40-25)23-7-4-8-24(17-23)33-28(36)10-5-11-29(37)38/h4,7-8,12-15,17,25-27,31,35H,5-6,9-11,16,18-20H2,1-3H3,(H,33,36)(H,37,38). The summed E-state index contributed by atoms with van der Waals surface area (Å²) in [6.45, 7) is 6.88. The Morgan fingerprint density at radius 3 is 2.50 bits per heavy atom. The first kappa shape index (κ1) is 31.6. The minimum Gasteiger partial charge on any atom is -0.481 e. The van der Waals surface area contributed by atoms with Gasteiger partial charge in [-0.1, -0.05) is 36.4 Å². The van der Waals surface area contributed by atoms with Crippen molar-refractivity contribution in [1.29, 1.82) is 0 Å². The molecule has 42 heavy (non-hydrogen) atoms. The first-order valence-electron chi connectivity index (χ1n) is 14.6. The van der Waals surface area contributed by atoms with E-state index in [1.807, 2.05) is 57.2 Å². The molecule has 10 nitrogen and oxygen atoms in total. The van der Waals surface area contributed by atoms with Crippen LogP contribution in [0.25, 0.3) is 0 Å². The Kier molecular flexibility index (Phi) is 10.7. The maximum Gasteiger partial charge on any atom is 0.323 e. The lowest BCUT2D eigenvalue weighted by atomic mass is 9.99. The van der Waals surface area contributed by atoms with Crippen molar-refractivity contribution in [3.8, 4) is 0 Å². The van der Waals surface area contributed by atoms with Crippen molar-refractivity contribution in [1.82, 2.24) is 4.90 Å². The zero-order chi connectivity index (χ0) is 30.3. The highest BCUT2D eigenvalue weighted by molar-refractivity contribution is 5.90. The molecule has 10 heteroatoms. The van der Waals surface area contributed by atoms with E-state index in [0.717, 1.165) is 36.1 Å². The van der Waals surface area contributed by atoms with Crippen LogP contribution in [-0.4, -0.2) is 63.8 Å². The number of esters is 1. The summed E-state index contributed by atoms with van der Waals surface area (Å²) in [7, 11) is 0. The highest BCUT2D eigenvalue weighted by Gasteiger charge is 2.39. The summed E-state index contributed by atoms with van der Waals surface area (Å²) < 4.78 is 18.6. The van der Waals surface area contributed by atoms with Crippen molar-refractivity contribution < 1.29 is 38.8 Å². The molecule has 2 aliphatic heterocycles. The van der Waals surface area contributed by atoms with Crippen LogP contribution in [0.1, 0.15) is 88.4 Å². The normalized spacial score (nSPS) is 23.0. The summed E-state index contributed by atoms with van der Waals surface area (Å²) in [5, 5.41) is 21.1. The number of carboxylic acid groups (broad SMARTS) is 1. The largest absolute Gasteiger partial charge is 0.481 e. The van der Waals surface area contributed by atoms with E-state index in [2.05, 4.69) is 10.2 Å². The number of nitrogens with zero attached hydrogens (tertiary/aromatic N) is 1. The molecule has 2 saturated heterocycles. The maximum atomic E-state index is 13.0. The van der Waals surface area contributed by atoms with Crippen LogP contribution in [0.15, 0.2) is 48.5 Å². The van der Waals surface area contributed by atoms with Crippen LogP contribution in [0.3, 0.4) is 0 Å². The number of hydrogen-bond donors (Lipinski definition) is 3. The zero-order valence-corrected chi connectivity index (χ0v) is 24.6. The number of rotatable bonds is 11. The monoisotopic (exact) mass is 582 g/mol. The van der Waals surface area contributed by atoms with Crippen molar-refractivity contribution in [2.24, 2.45) is 0 Å². The molecule has 0 radical (unpaired) electrons. The number of ether oxygens (including phenoxy) is 3. The predicted octanol–water partition coefficient (Wildman–Crippen LogP) is 4.72. The van der Waals surface area contributed by atoms with E-state index < -0.39 is 17.9 Å². The van der Waals surface area contributed by atoms with Gasteiger partial charge in [-0.3, -0.25) is 19.3 Å². The molecule has 2 aromatic carbocycles. The third kappa shape index (κ3) is 9.09. The second-order valence-corrected chi connectivity index (χ2v) is 12.0. The molecular weight excluding hydrogens is 540 g/mol. The van der Waals surface area contributed by atoms with Crippen molar-refractivity contribution in [3.63, 3.8) is 0 Å². The summed E-state index contributed by atoms with van der Waals surface area (Å²) in [4.78, 5) is 38.2. The number of aliphatic hydroxyl groups excluding tert-OH is 1. The number of likely N-dealkylation sites (tertiary alicyclic amines) is 1. The Morgan fingerprint density at radius 2 is 1.81 bits per heavy atom. The summed E-state index contributed by atoms with van der Waals surface area (Å²) in [6, 6.07) is 14.6. The molecule has 4 unspecified atom stereocenters. The number of nitrogens with one attached hydrogen (secondary N) is 1. The fourth-order valence-corrected chi connectivity index (χ4v) is 5.36. The minimum absolute atomic E-state index is 0.0456. The second-order valence-electron chi connectivity index (χ2n) is 12.0. The quantitative estimate of drug-likeness (QED) is 0.322. The van der Waals surface area contributed by atoms with Crippen LogP contribution >= 0.6 is 0 Å². The van der Waals surface area contributed by atoms with Crippen LogP contribution in [0.2, 0.25) is 0 Å². The Morgan fingerprint density at radius 1 is 1.05 bits per heavy atom. The van der Waals surface area contributed by atoms with Gasteiger partial charge in [-0.25, -0.2) is 0 Å². The molecule has 228 valence electrons. The van der Waals surface area contributed by atoms with E-state index in [9.17, 15) is 19.5 Å². The zero-order valence-electron chi connectivity index (χ0n) is 24.6. The first-order valence-corrected chi connectivity index (χ1v) is 14.6. The Balaban J connectivity index is 1.51. The molecule has 1 amide bonds. The van der Waals surface area contributed by atoms with Gasteiger partial charge in [0, 0.05) is 37.1 Å². The van der Waals surface area contributed by atoms with Crippen molar-refractivity contribution in [2.75, 3.05) is 18.4 Å². The molecule has 2 aromatic rings. The number of aliphatic hydroxyl groups is 1. The number of amides is 1. The molecular formula is C32H42N2O8. The SMILES string of the molecule is CC(C)(C)OC(=O)C1CCCN1CC1CC(c2ccc(CO)cc2)OC(c2cccc(NC(=O)CCCC(=O)O)c2)O1. The highest BCUT2D eigenvalue weighted by atomic mass is 16.7. The van der Waals surface area contributed by atoms with Crippen LogP contribution in [-0.2, 0) is 35.2 Å². The molecule has 0 aromatic heterocycles. The summed E-state index contributed by atoms with van der Waals surface area (Å²) in [5.74, 6) is -1.41. The summed E-state index contributed by atoms with van der Waals surface area (Å²) in [5.41, 5.74) is 2.50. The van der Waals surface area contributed by atoms with Gasteiger partial charge in [0.15, 0.2) is 6.29 Å². The van der Waals surface area contributed by atoms with E-state index in [4.69, 9.17) is 19.3 Å². The Hall–Kier alpha value is -3.31. The van der Waals surface area contributed by atoms with Crippen molar-refractivity contribution >= 4 is 23.5 Å². The number of carbonyl (C=O) groups excluding carboxylic acids is 2. The van der Waals surface area contributed by atoms with Gasteiger partial charge in [-0.05, 0) is 69.8 Å². The average Bonchev–Trinajstić information content (AvgIpc) is 3.40. The molecule has 0 saturated carbocycles.